The normalized spacial score (nSPS) is 26.4. The Balaban J connectivity index is 1.37. The van der Waals surface area contributed by atoms with Crippen LogP contribution in [0.2, 0.25) is 5.02 Å². The van der Waals surface area contributed by atoms with Crippen molar-refractivity contribution < 1.29 is 14.6 Å². The molecule has 4 saturated carbocycles. The van der Waals surface area contributed by atoms with E-state index in [-0.39, 0.29) is 5.41 Å². The lowest BCUT2D eigenvalue weighted by molar-refractivity contribution is -0.297. The zero-order valence-corrected chi connectivity index (χ0v) is 21.0. The van der Waals surface area contributed by atoms with Gasteiger partial charge < -0.3 is 14.6 Å². The minimum absolute atomic E-state index is 0.192. The van der Waals surface area contributed by atoms with Gasteiger partial charge in [0.2, 0.25) is 0 Å². The van der Waals surface area contributed by atoms with Crippen molar-refractivity contribution in [2.45, 2.75) is 50.5 Å². The highest BCUT2D eigenvalue weighted by Crippen LogP contribution is 2.62. The Hall–Kier alpha value is -3.04. The molecular weight excluding hydrogens is 468 g/mol. The monoisotopic (exact) mass is 497 g/mol. The van der Waals surface area contributed by atoms with Gasteiger partial charge in [0, 0.05) is 10.6 Å². The first-order chi connectivity index (χ1) is 17.5. The van der Waals surface area contributed by atoms with E-state index < -0.39 is 5.97 Å². The van der Waals surface area contributed by atoms with Crippen LogP contribution >= 0.6 is 11.6 Å². The van der Waals surface area contributed by atoms with Crippen molar-refractivity contribution in [3.63, 3.8) is 0 Å². The number of hydrogen-bond donors (Lipinski definition) is 0. The number of ether oxygens (including phenoxy) is 1. The molecule has 4 aliphatic rings. The summed E-state index contributed by atoms with van der Waals surface area (Å²) in [6.45, 7) is 0.560. The molecule has 184 valence electrons. The molecule has 36 heavy (non-hydrogen) atoms. The molecule has 3 aromatic carbocycles. The second kappa shape index (κ2) is 9.44. The van der Waals surface area contributed by atoms with E-state index >= 15 is 0 Å². The van der Waals surface area contributed by atoms with E-state index in [4.69, 9.17) is 16.3 Å². The van der Waals surface area contributed by atoms with Crippen molar-refractivity contribution in [2.24, 2.45) is 17.8 Å². The highest BCUT2D eigenvalue weighted by Gasteiger charge is 2.52. The summed E-state index contributed by atoms with van der Waals surface area (Å²) < 4.78 is 6.50. The lowest BCUT2D eigenvalue weighted by Crippen LogP contribution is -2.48. The zero-order valence-electron chi connectivity index (χ0n) is 20.3. The third kappa shape index (κ3) is 4.57. The molecule has 0 atom stereocenters. The molecule has 0 heterocycles. The Morgan fingerprint density at radius 1 is 0.917 bits per heavy atom. The topological polar surface area (TPSA) is 49.4 Å². The van der Waals surface area contributed by atoms with Crippen molar-refractivity contribution >= 4 is 23.6 Å². The fourth-order valence-electron chi connectivity index (χ4n) is 7.43. The Morgan fingerprint density at radius 3 is 2.19 bits per heavy atom. The van der Waals surface area contributed by atoms with Gasteiger partial charge in [0.25, 0.3) is 0 Å². The summed E-state index contributed by atoms with van der Waals surface area (Å²) in [6, 6.07) is 22.7. The molecule has 4 fully saturated rings. The first-order valence-corrected chi connectivity index (χ1v) is 13.4. The summed E-state index contributed by atoms with van der Waals surface area (Å²) in [7, 11) is 0. The van der Waals surface area contributed by atoms with Crippen LogP contribution in [0.5, 0.6) is 5.75 Å². The van der Waals surface area contributed by atoms with Crippen LogP contribution in [0.4, 0.5) is 0 Å². The molecule has 0 radical (unpaired) electrons. The molecule has 0 aromatic heterocycles. The summed E-state index contributed by atoms with van der Waals surface area (Å²) in [5, 5.41) is 11.3. The molecule has 0 N–H and O–H groups in total. The van der Waals surface area contributed by atoms with E-state index in [1.165, 1.54) is 55.7 Å². The number of carboxylic acids is 1. The van der Waals surface area contributed by atoms with E-state index in [0.29, 0.717) is 17.2 Å². The Labute approximate surface area is 217 Å². The number of hydrogen-bond acceptors (Lipinski definition) is 3. The number of aliphatic carboxylic acids is 1. The van der Waals surface area contributed by atoms with Crippen LogP contribution in [0.3, 0.4) is 0 Å². The Bertz CT molecular complexity index is 1270. The van der Waals surface area contributed by atoms with E-state index in [9.17, 15) is 9.90 Å². The fourth-order valence-corrected chi connectivity index (χ4v) is 7.67. The number of halogens is 1. The van der Waals surface area contributed by atoms with Crippen LogP contribution in [-0.4, -0.2) is 5.97 Å². The summed E-state index contributed by atoms with van der Waals surface area (Å²) >= 11 is 6.52. The van der Waals surface area contributed by atoms with Gasteiger partial charge in [-0.05, 0) is 108 Å². The minimum atomic E-state index is -1.23. The van der Waals surface area contributed by atoms with Gasteiger partial charge in [-0.3, -0.25) is 0 Å². The Morgan fingerprint density at radius 2 is 1.56 bits per heavy atom. The lowest BCUT2D eigenvalue weighted by atomic mass is 9.48. The van der Waals surface area contributed by atoms with E-state index in [1.807, 2.05) is 24.3 Å². The number of carbonyl (C=O) groups is 1. The van der Waals surface area contributed by atoms with Gasteiger partial charge in [-0.15, -0.1) is 0 Å². The maximum atomic E-state index is 10.8. The standard InChI is InChI=1S/C32H31ClO3/c33-29-16-27(7-6-25(29)9-11-31(34)35)26-8-10-30(36-20-21-4-2-1-3-5-21)28(15-26)32-17-22-12-23(18-32)14-24(13-22)19-32/h1-11,15-16,22-24H,12-14,17-20H2,(H,34,35)/p-1/b11-9+. The highest BCUT2D eigenvalue weighted by molar-refractivity contribution is 6.32. The quantitative estimate of drug-likeness (QED) is 0.336. The second-order valence-corrected chi connectivity index (χ2v) is 11.5. The van der Waals surface area contributed by atoms with Crippen LogP contribution in [0.15, 0.2) is 72.8 Å². The first kappa shape index (κ1) is 23.4. The molecule has 7 rings (SSSR count). The van der Waals surface area contributed by atoms with Crippen molar-refractivity contribution in [2.75, 3.05) is 0 Å². The van der Waals surface area contributed by atoms with E-state index in [2.05, 4.69) is 42.5 Å². The molecule has 4 bridgehead atoms. The molecule has 0 spiro atoms. The predicted octanol–water partition coefficient (Wildman–Crippen LogP) is 6.82. The summed E-state index contributed by atoms with van der Waals surface area (Å²) in [5.41, 5.74) is 5.51. The Kier molecular flexibility index (Phi) is 6.13. The average Bonchev–Trinajstić information content (AvgIpc) is 2.86. The second-order valence-electron chi connectivity index (χ2n) is 11.1. The summed E-state index contributed by atoms with van der Waals surface area (Å²) in [5.74, 6) is 2.29. The van der Waals surface area contributed by atoms with Gasteiger partial charge in [0.1, 0.15) is 12.4 Å². The van der Waals surface area contributed by atoms with Crippen LogP contribution in [0, 0.1) is 17.8 Å². The van der Waals surface area contributed by atoms with Gasteiger partial charge in [-0.25, -0.2) is 0 Å². The first-order valence-electron chi connectivity index (χ1n) is 13.0. The van der Waals surface area contributed by atoms with Crippen molar-refractivity contribution in [1.82, 2.24) is 0 Å². The third-order valence-corrected chi connectivity index (χ3v) is 8.89. The predicted molar refractivity (Wildman–Crippen MR) is 142 cm³/mol. The van der Waals surface area contributed by atoms with E-state index in [0.717, 1.165) is 40.7 Å². The third-order valence-electron chi connectivity index (χ3n) is 8.56. The molecule has 4 aliphatic carbocycles. The van der Waals surface area contributed by atoms with Gasteiger partial charge in [0.15, 0.2) is 0 Å². The lowest BCUT2D eigenvalue weighted by Gasteiger charge is -2.57. The number of carbonyl (C=O) groups excluding carboxylic acids is 1. The minimum Gasteiger partial charge on any atom is -0.545 e. The SMILES string of the molecule is O=C([O-])/C=C/c1ccc(-c2ccc(OCc3ccccc3)c(C34CC5CC(CC(C5)C3)C4)c2)cc1Cl. The van der Waals surface area contributed by atoms with Gasteiger partial charge in [0.05, 0.1) is 5.97 Å². The summed E-state index contributed by atoms with van der Waals surface area (Å²) in [4.78, 5) is 10.8. The van der Waals surface area contributed by atoms with Gasteiger partial charge >= 0.3 is 0 Å². The molecule has 4 heteroatoms. The van der Waals surface area contributed by atoms with Crippen LogP contribution in [0.1, 0.15) is 55.2 Å². The molecule has 0 amide bonds. The highest BCUT2D eigenvalue weighted by atomic mass is 35.5. The molecule has 3 nitrogen and oxygen atoms in total. The molecule has 0 saturated heterocycles. The van der Waals surface area contributed by atoms with Gasteiger partial charge in [-0.1, -0.05) is 66.2 Å². The number of rotatable bonds is 7. The van der Waals surface area contributed by atoms with Crippen molar-refractivity contribution in [3.8, 4) is 16.9 Å². The maximum absolute atomic E-state index is 10.8. The van der Waals surface area contributed by atoms with E-state index in [1.54, 1.807) is 0 Å². The van der Waals surface area contributed by atoms with Gasteiger partial charge in [-0.2, -0.15) is 0 Å². The van der Waals surface area contributed by atoms with Crippen molar-refractivity contribution in [1.29, 1.82) is 0 Å². The van der Waals surface area contributed by atoms with Crippen molar-refractivity contribution in [3.05, 3.63) is 94.5 Å². The molecule has 0 unspecified atom stereocenters. The number of benzene rings is 3. The molecular formula is C32H30ClO3-. The van der Waals surface area contributed by atoms with Crippen LogP contribution in [0.25, 0.3) is 17.2 Å². The molecule has 3 aromatic rings. The molecule has 0 aliphatic heterocycles. The summed E-state index contributed by atoms with van der Waals surface area (Å²) in [6.07, 6.45) is 10.5. The fraction of sp³-hybridized carbons (Fsp3) is 0.344. The van der Waals surface area contributed by atoms with Crippen LogP contribution < -0.4 is 9.84 Å². The maximum Gasteiger partial charge on any atom is 0.123 e. The average molecular weight is 498 g/mol. The smallest absolute Gasteiger partial charge is 0.123 e. The number of carboxylic acid groups (broad SMARTS) is 1. The zero-order chi connectivity index (χ0) is 24.7. The largest absolute Gasteiger partial charge is 0.545 e. The van der Waals surface area contributed by atoms with Crippen LogP contribution in [-0.2, 0) is 16.8 Å².